The summed E-state index contributed by atoms with van der Waals surface area (Å²) in [7, 11) is 2.44. The number of alkyl halides is 1. The summed E-state index contributed by atoms with van der Waals surface area (Å²) in [5.41, 5.74) is -0.832. The Bertz CT molecular complexity index is 782. The first-order valence-corrected chi connectivity index (χ1v) is 7.86. The number of fused-ring (bicyclic) bond motifs is 1. The largest absolute Gasteiger partial charge is 0.494 e. The highest BCUT2D eigenvalue weighted by Crippen LogP contribution is 2.41. The Labute approximate surface area is 152 Å². The number of hydrogen-bond acceptors (Lipinski definition) is 5. The van der Waals surface area contributed by atoms with Crippen molar-refractivity contribution in [2.24, 2.45) is 0 Å². The van der Waals surface area contributed by atoms with E-state index in [-0.39, 0.29) is 22.3 Å². The molecular weight excluding hydrogens is 379 g/mol. The molecule has 5 nitrogen and oxygen atoms in total. The Hall–Kier alpha value is -1.96. The Balaban J connectivity index is 2.05. The lowest BCUT2D eigenvalue weighted by Gasteiger charge is -2.28. The zero-order chi connectivity index (χ0) is 18.3. The topological polar surface area (TPSA) is 51.2 Å². The molecule has 0 bridgehead atoms. The number of benzene rings is 1. The van der Waals surface area contributed by atoms with E-state index in [4.69, 9.17) is 37.4 Å². The van der Waals surface area contributed by atoms with Crippen LogP contribution in [0, 0.1) is 11.6 Å². The number of aliphatic hydroxyl groups is 1. The van der Waals surface area contributed by atoms with Crippen molar-refractivity contribution in [3.63, 3.8) is 0 Å². The third-order valence-corrected chi connectivity index (χ3v) is 4.25. The number of halogens is 4. The summed E-state index contributed by atoms with van der Waals surface area (Å²) in [6, 6.07) is 1.05. The zero-order valence-corrected chi connectivity index (χ0v) is 14.6. The fourth-order valence-electron chi connectivity index (χ4n) is 2.52. The standard InChI is InChI=1S/C16H13Cl2F2NO4/c1-23-9-4-10(24-2)15(20)13(14(9)19)16(22)21-5-8(17)7-3-12(18)25-11(7)6-21/h3-6,12,16,22H,1-2H3. The predicted octanol–water partition coefficient (Wildman–Crippen LogP) is 3.73. The first-order chi connectivity index (χ1) is 11.9. The van der Waals surface area contributed by atoms with Crippen LogP contribution in [0.1, 0.15) is 11.8 Å². The normalized spacial score (nSPS) is 20.2. The number of ether oxygens (including phenoxy) is 3. The molecule has 2 aliphatic heterocycles. The van der Waals surface area contributed by atoms with E-state index in [9.17, 15) is 13.9 Å². The van der Waals surface area contributed by atoms with Crippen LogP contribution >= 0.6 is 23.2 Å². The van der Waals surface area contributed by atoms with Crippen molar-refractivity contribution in [2.45, 2.75) is 11.8 Å². The molecule has 1 aromatic rings. The summed E-state index contributed by atoms with van der Waals surface area (Å²) in [4.78, 5) is 1.10. The molecule has 0 aromatic heterocycles. The summed E-state index contributed by atoms with van der Waals surface area (Å²) in [5.74, 6) is -2.38. The second kappa shape index (κ2) is 6.74. The SMILES string of the molecule is COc1cc(OC)c(F)c(C(O)N2C=C(Cl)C3=CC(Cl)OC3=C2)c1F. The van der Waals surface area contributed by atoms with E-state index in [2.05, 4.69) is 0 Å². The minimum atomic E-state index is -1.75. The number of methoxy groups -OCH3 is 2. The molecule has 1 N–H and O–H groups in total. The molecule has 0 aliphatic carbocycles. The molecule has 0 amide bonds. The average Bonchev–Trinajstić information content (AvgIpc) is 2.96. The molecule has 9 heteroatoms. The van der Waals surface area contributed by atoms with Gasteiger partial charge in [0.05, 0.1) is 24.8 Å². The van der Waals surface area contributed by atoms with Gasteiger partial charge in [-0.25, -0.2) is 8.78 Å². The van der Waals surface area contributed by atoms with Crippen LogP contribution < -0.4 is 9.47 Å². The lowest BCUT2D eigenvalue weighted by Crippen LogP contribution is -2.24. The Morgan fingerprint density at radius 3 is 2.36 bits per heavy atom. The van der Waals surface area contributed by atoms with Gasteiger partial charge < -0.3 is 24.2 Å². The van der Waals surface area contributed by atoms with E-state index in [0.29, 0.717) is 5.57 Å². The maximum atomic E-state index is 14.5. The van der Waals surface area contributed by atoms with E-state index >= 15 is 0 Å². The van der Waals surface area contributed by atoms with Crippen LogP contribution in [-0.2, 0) is 4.74 Å². The van der Waals surface area contributed by atoms with E-state index < -0.39 is 29.0 Å². The van der Waals surface area contributed by atoms with Gasteiger partial charge in [0.25, 0.3) is 0 Å². The van der Waals surface area contributed by atoms with Crippen molar-refractivity contribution >= 4 is 23.2 Å². The lowest BCUT2D eigenvalue weighted by atomic mass is 10.1. The summed E-state index contributed by atoms with van der Waals surface area (Å²) in [6.07, 6.45) is 2.48. The smallest absolute Gasteiger partial charge is 0.192 e. The quantitative estimate of drug-likeness (QED) is 0.792. The first kappa shape index (κ1) is 17.8. The van der Waals surface area contributed by atoms with Crippen molar-refractivity contribution in [3.8, 4) is 11.5 Å². The van der Waals surface area contributed by atoms with Crippen LogP contribution in [0.5, 0.6) is 11.5 Å². The second-order valence-corrected chi connectivity index (χ2v) is 6.00. The monoisotopic (exact) mass is 391 g/mol. The molecular formula is C16H13Cl2F2NO4. The van der Waals surface area contributed by atoms with Gasteiger partial charge in [-0.1, -0.05) is 23.2 Å². The van der Waals surface area contributed by atoms with E-state index in [1.807, 2.05) is 0 Å². The molecule has 2 unspecified atom stereocenters. The van der Waals surface area contributed by atoms with Gasteiger partial charge in [-0.3, -0.25) is 0 Å². The van der Waals surface area contributed by atoms with Gasteiger partial charge in [0, 0.05) is 24.0 Å². The van der Waals surface area contributed by atoms with Crippen LogP contribution in [0.15, 0.2) is 40.9 Å². The van der Waals surface area contributed by atoms with Gasteiger partial charge in [0.15, 0.2) is 34.9 Å². The summed E-state index contributed by atoms with van der Waals surface area (Å²) in [6.45, 7) is 0. The Morgan fingerprint density at radius 2 is 1.80 bits per heavy atom. The van der Waals surface area contributed by atoms with Gasteiger partial charge in [0.1, 0.15) is 5.76 Å². The lowest BCUT2D eigenvalue weighted by molar-refractivity contribution is 0.0554. The van der Waals surface area contributed by atoms with Crippen molar-refractivity contribution in [3.05, 3.63) is 58.1 Å². The maximum absolute atomic E-state index is 14.5. The molecule has 0 spiro atoms. The fraction of sp³-hybridized carbons (Fsp3) is 0.250. The van der Waals surface area contributed by atoms with Crippen molar-refractivity contribution in [2.75, 3.05) is 14.2 Å². The summed E-state index contributed by atoms with van der Waals surface area (Å²) in [5, 5.41) is 10.7. The van der Waals surface area contributed by atoms with Gasteiger partial charge in [-0.2, -0.15) is 0 Å². The van der Waals surface area contributed by atoms with Crippen molar-refractivity contribution in [1.29, 1.82) is 0 Å². The van der Waals surface area contributed by atoms with Gasteiger partial charge in [-0.05, 0) is 6.08 Å². The van der Waals surface area contributed by atoms with Crippen LogP contribution in [0.2, 0.25) is 0 Å². The number of hydrogen-bond donors (Lipinski definition) is 1. The maximum Gasteiger partial charge on any atom is 0.192 e. The zero-order valence-electron chi connectivity index (χ0n) is 13.1. The number of aliphatic hydroxyl groups excluding tert-OH is 1. The number of allylic oxidation sites excluding steroid dienone is 1. The number of nitrogens with zero attached hydrogens (tertiary/aromatic N) is 1. The molecule has 0 fully saturated rings. The van der Waals surface area contributed by atoms with Crippen LogP contribution in [0.4, 0.5) is 8.78 Å². The van der Waals surface area contributed by atoms with Crippen LogP contribution in [0.3, 0.4) is 0 Å². The van der Waals surface area contributed by atoms with Crippen LogP contribution in [-0.4, -0.2) is 29.8 Å². The molecule has 25 heavy (non-hydrogen) atoms. The highest BCUT2D eigenvalue weighted by molar-refractivity contribution is 6.33. The van der Waals surface area contributed by atoms with E-state index in [1.54, 1.807) is 6.08 Å². The van der Waals surface area contributed by atoms with E-state index in [0.717, 1.165) is 11.0 Å². The number of rotatable bonds is 4. The second-order valence-electron chi connectivity index (χ2n) is 5.16. The minimum absolute atomic E-state index is 0.204. The molecule has 0 saturated carbocycles. The van der Waals surface area contributed by atoms with Gasteiger partial charge in [-0.15, -0.1) is 0 Å². The third-order valence-electron chi connectivity index (χ3n) is 3.74. The molecule has 0 radical (unpaired) electrons. The molecule has 134 valence electrons. The van der Waals surface area contributed by atoms with Crippen molar-refractivity contribution < 1.29 is 28.1 Å². The molecule has 0 saturated heterocycles. The highest BCUT2D eigenvalue weighted by Gasteiger charge is 2.32. The van der Waals surface area contributed by atoms with E-state index in [1.165, 1.54) is 26.6 Å². The van der Waals surface area contributed by atoms with Crippen molar-refractivity contribution in [1.82, 2.24) is 4.90 Å². The van der Waals surface area contributed by atoms with Crippen LogP contribution in [0.25, 0.3) is 0 Å². The highest BCUT2D eigenvalue weighted by atomic mass is 35.5. The Morgan fingerprint density at radius 1 is 1.20 bits per heavy atom. The minimum Gasteiger partial charge on any atom is -0.494 e. The summed E-state index contributed by atoms with van der Waals surface area (Å²) < 4.78 is 44.1. The molecule has 1 aromatic carbocycles. The third kappa shape index (κ3) is 3.03. The molecule has 2 heterocycles. The summed E-state index contributed by atoms with van der Waals surface area (Å²) >= 11 is 12.0. The molecule has 2 aliphatic rings. The predicted molar refractivity (Wildman–Crippen MR) is 87.1 cm³/mol. The van der Waals surface area contributed by atoms with Gasteiger partial charge >= 0.3 is 0 Å². The van der Waals surface area contributed by atoms with Gasteiger partial charge in [0.2, 0.25) is 0 Å². The average molecular weight is 392 g/mol. The molecule has 3 rings (SSSR count). The molecule has 2 atom stereocenters. The Kier molecular flexibility index (Phi) is 4.81. The fourth-order valence-corrected chi connectivity index (χ4v) is 3.01. The first-order valence-electron chi connectivity index (χ1n) is 7.05.